The van der Waals surface area contributed by atoms with Crippen LogP contribution in [0.1, 0.15) is 77.6 Å². The van der Waals surface area contributed by atoms with Crippen LogP contribution in [0.25, 0.3) is 0 Å². The van der Waals surface area contributed by atoms with Gasteiger partial charge in [0, 0.05) is 6.42 Å². The fourth-order valence-corrected chi connectivity index (χ4v) is 2.27. The molecule has 0 radical (unpaired) electrons. The van der Waals surface area contributed by atoms with Gasteiger partial charge in [-0.2, -0.15) is 0 Å². The summed E-state index contributed by atoms with van der Waals surface area (Å²) in [7, 11) is 1.15. The van der Waals surface area contributed by atoms with E-state index in [9.17, 15) is 15.0 Å². The van der Waals surface area contributed by atoms with E-state index in [0.29, 0.717) is 6.42 Å². The lowest BCUT2D eigenvalue weighted by Gasteiger charge is -2.17. The second-order valence-electron chi connectivity index (χ2n) is 5.94. The van der Waals surface area contributed by atoms with Crippen LogP contribution in [-0.4, -0.2) is 29.1 Å². The molecular weight excluding hydrogens is 292 g/mol. The third-order valence-electron chi connectivity index (χ3n) is 3.74. The molecule has 0 bridgehead atoms. The van der Waals surface area contributed by atoms with Crippen molar-refractivity contribution in [3.05, 3.63) is 24.3 Å². The van der Waals surface area contributed by atoms with Gasteiger partial charge in [-0.15, -0.1) is 0 Å². The number of ether oxygens (including phenoxy) is 1. The second-order valence-corrected chi connectivity index (χ2v) is 5.94. The molecule has 0 aliphatic rings. The van der Waals surface area contributed by atoms with E-state index in [-0.39, 0.29) is 6.42 Å². The van der Waals surface area contributed by atoms with Gasteiger partial charge in [0.05, 0.1) is 7.11 Å². The van der Waals surface area contributed by atoms with Crippen molar-refractivity contribution in [2.75, 3.05) is 7.11 Å². The number of aliphatic hydroxyl groups is 2. The molecule has 2 N–H and O–H groups in total. The summed E-state index contributed by atoms with van der Waals surface area (Å²) in [6.07, 6.45) is 19.6. The number of hydrogen-bond acceptors (Lipinski definition) is 4. The first-order chi connectivity index (χ1) is 11.0. The summed E-state index contributed by atoms with van der Waals surface area (Å²) >= 11 is 0. The molecule has 23 heavy (non-hydrogen) atoms. The summed E-state index contributed by atoms with van der Waals surface area (Å²) in [6.45, 7) is 2.22. The Kier molecular flexibility index (Phi) is 13.8. The smallest absolute Gasteiger partial charge is 0.366 e. The van der Waals surface area contributed by atoms with Gasteiger partial charge in [0.1, 0.15) is 0 Å². The third kappa shape index (κ3) is 13.0. The highest BCUT2D eigenvalue weighted by atomic mass is 16.6. The molecule has 0 aromatic rings. The molecule has 0 aromatic heterocycles. The number of hydrogen-bond donors (Lipinski definition) is 2. The van der Waals surface area contributed by atoms with Crippen LogP contribution in [0.5, 0.6) is 0 Å². The lowest BCUT2D eigenvalue weighted by molar-refractivity contribution is -0.209. The van der Waals surface area contributed by atoms with Crippen LogP contribution >= 0.6 is 0 Å². The third-order valence-corrected chi connectivity index (χ3v) is 3.74. The Balaban J connectivity index is 3.45. The lowest BCUT2D eigenvalue weighted by atomic mass is 10.1. The van der Waals surface area contributed by atoms with E-state index in [1.54, 1.807) is 0 Å². The van der Waals surface area contributed by atoms with Gasteiger partial charge in [-0.05, 0) is 38.5 Å². The van der Waals surface area contributed by atoms with Gasteiger partial charge in [0.2, 0.25) is 0 Å². The first kappa shape index (κ1) is 21.9. The molecule has 0 aliphatic carbocycles. The van der Waals surface area contributed by atoms with E-state index in [1.807, 2.05) is 0 Å². The van der Waals surface area contributed by atoms with Crippen LogP contribution in [0.4, 0.5) is 0 Å². The Morgan fingerprint density at radius 1 is 0.913 bits per heavy atom. The van der Waals surface area contributed by atoms with Crippen LogP contribution < -0.4 is 0 Å². The molecule has 4 heteroatoms. The number of rotatable bonds is 14. The summed E-state index contributed by atoms with van der Waals surface area (Å²) in [5, 5.41) is 18.9. The quantitative estimate of drug-likeness (QED) is 0.217. The summed E-state index contributed by atoms with van der Waals surface area (Å²) in [5.41, 5.74) is 0. The van der Waals surface area contributed by atoms with E-state index < -0.39 is 11.8 Å². The van der Waals surface area contributed by atoms with Gasteiger partial charge in [-0.1, -0.05) is 56.9 Å². The van der Waals surface area contributed by atoms with Crippen LogP contribution in [0.3, 0.4) is 0 Å². The number of methoxy groups -OCH3 is 1. The molecule has 0 saturated carbocycles. The Morgan fingerprint density at radius 3 is 2.04 bits per heavy atom. The van der Waals surface area contributed by atoms with E-state index in [2.05, 4.69) is 36.0 Å². The van der Waals surface area contributed by atoms with Crippen molar-refractivity contribution in [1.29, 1.82) is 0 Å². The number of unbranched alkanes of at least 4 members (excludes halogenated alkanes) is 7. The monoisotopic (exact) mass is 326 g/mol. The fourth-order valence-electron chi connectivity index (χ4n) is 2.27. The molecule has 0 aromatic carbocycles. The molecule has 134 valence electrons. The molecule has 0 spiro atoms. The van der Waals surface area contributed by atoms with E-state index in [4.69, 9.17) is 0 Å². The Labute approximate surface area is 141 Å². The minimum atomic E-state index is -2.34. The fraction of sp³-hybridized carbons (Fsp3) is 0.737. The Morgan fingerprint density at radius 2 is 1.48 bits per heavy atom. The minimum absolute atomic E-state index is 0.0261. The van der Waals surface area contributed by atoms with Crippen molar-refractivity contribution in [2.24, 2.45) is 0 Å². The van der Waals surface area contributed by atoms with Crippen molar-refractivity contribution < 1.29 is 19.7 Å². The average Bonchev–Trinajstić information content (AvgIpc) is 2.54. The maximum Gasteiger partial charge on any atom is 0.366 e. The molecular formula is C19H34O4. The summed E-state index contributed by atoms with van der Waals surface area (Å²) in [4.78, 5) is 11.1. The van der Waals surface area contributed by atoms with E-state index >= 15 is 0 Å². The molecule has 0 amide bonds. The Bertz CT molecular complexity index is 345. The van der Waals surface area contributed by atoms with Gasteiger partial charge in [-0.25, -0.2) is 4.79 Å². The van der Waals surface area contributed by atoms with Crippen molar-refractivity contribution >= 4 is 5.97 Å². The summed E-state index contributed by atoms with van der Waals surface area (Å²) in [5.74, 6) is -3.32. The predicted molar refractivity (Wildman–Crippen MR) is 93.9 cm³/mol. The summed E-state index contributed by atoms with van der Waals surface area (Å²) < 4.78 is 4.33. The predicted octanol–water partition coefficient (Wildman–Crippen LogP) is 4.26. The number of carbonyl (C=O) groups is 1. The molecule has 0 atom stereocenters. The maximum absolute atomic E-state index is 11.1. The lowest BCUT2D eigenvalue weighted by Crippen LogP contribution is -2.39. The van der Waals surface area contributed by atoms with Crippen molar-refractivity contribution in [3.8, 4) is 0 Å². The molecule has 4 nitrogen and oxygen atoms in total. The minimum Gasteiger partial charge on any atom is -0.465 e. The van der Waals surface area contributed by atoms with Crippen LogP contribution in [0, 0.1) is 0 Å². The SMILES string of the molecule is CCCCC/C=C\C/C=C\CCCCCCC(O)(O)C(=O)OC. The largest absolute Gasteiger partial charge is 0.465 e. The maximum atomic E-state index is 11.1. The number of esters is 1. The van der Waals surface area contributed by atoms with E-state index in [1.165, 1.54) is 25.7 Å². The zero-order valence-electron chi connectivity index (χ0n) is 14.8. The standard InChI is InChI=1S/C19H34O4/c1-3-4-5-6-7-8-9-10-11-12-13-14-15-16-17-19(21,22)18(20)23-2/h7-8,10-11,21-22H,3-6,9,12-17H2,1-2H3/b8-7-,11-10-. The zero-order valence-corrected chi connectivity index (χ0v) is 14.8. The van der Waals surface area contributed by atoms with Crippen LogP contribution in [-0.2, 0) is 9.53 Å². The van der Waals surface area contributed by atoms with E-state index in [0.717, 1.165) is 39.2 Å². The van der Waals surface area contributed by atoms with Gasteiger partial charge in [0.25, 0.3) is 5.79 Å². The number of allylic oxidation sites excluding steroid dienone is 4. The van der Waals surface area contributed by atoms with Gasteiger partial charge in [0.15, 0.2) is 0 Å². The van der Waals surface area contributed by atoms with Crippen molar-refractivity contribution in [2.45, 2.75) is 83.3 Å². The average molecular weight is 326 g/mol. The molecule has 0 aliphatic heterocycles. The van der Waals surface area contributed by atoms with Gasteiger partial charge < -0.3 is 14.9 Å². The normalized spacial score (nSPS) is 12.3. The first-order valence-corrected chi connectivity index (χ1v) is 8.87. The van der Waals surface area contributed by atoms with Crippen molar-refractivity contribution in [1.82, 2.24) is 0 Å². The van der Waals surface area contributed by atoms with Crippen LogP contribution in [0.15, 0.2) is 24.3 Å². The Hall–Kier alpha value is -1.13. The topological polar surface area (TPSA) is 66.8 Å². The summed E-state index contributed by atoms with van der Waals surface area (Å²) in [6, 6.07) is 0. The molecule has 0 fully saturated rings. The highest BCUT2D eigenvalue weighted by molar-refractivity contribution is 5.76. The van der Waals surface area contributed by atoms with Gasteiger partial charge in [-0.3, -0.25) is 0 Å². The molecule has 0 unspecified atom stereocenters. The highest BCUT2D eigenvalue weighted by Crippen LogP contribution is 2.15. The van der Waals surface area contributed by atoms with Crippen molar-refractivity contribution in [3.63, 3.8) is 0 Å². The zero-order chi connectivity index (χ0) is 17.4. The first-order valence-electron chi connectivity index (χ1n) is 8.87. The number of carbonyl (C=O) groups excluding carboxylic acids is 1. The molecule has 0 heterocycles. The molecule has 0 saturated heterocycles. The second kappa shape index (κ2) is 14.5. The van der Waals surface area contributed by atoms with Gasteiger partial charge >= 0.3 is 5.97 Å². The highest BCUT2D eigenvalue weighted by Gasteiger charge is 2.33. The van der Waals surface area contributed by atoms with Crippen LogP contribution in [0.2, 0.25) is 0 Å². The molecule has 0 rings (SSSR count).